The molecule has 29 heavy (non-hydrogen) atoms. The molecule has 3 aromatic rings. The average Bonchev–Trinajstić information content (AvgIpc) is 3.47. The number of aromatic nitrogens is 4. The maximum absolute atomic E-state index is 13.1. The van der Waals surface area contributed by atoms with E-state index in [-0.39, 0.29) is 5.91 Å². The van der Waals surface area contributed by atoms with Crippen LogP contribution in [0.1, 0.15) is 65.2 Å². The maximum atomic E-state index is 13.1. The van der Waals surface area contributed by atoms with Gasteiger partial charge in [0.05, 0.1) is 11.4 Å². The third-order valence-electron chi connectivity index (χ3n) is 6.19. The number of hydrogen-bond acceptors (Lipinski definition) is 5. The van der Waals surface area contributed by atoms with E-state index in [4.69, 9.17) is 4.98 Å². The van der Waals surface area contributed by atoms with Gasteiger partial charge in [-0.1, -0.05) is 6.42 Å². The summed E-state index contributed by atoms with van der Waals surface area (Å²) in [5.74, 6) is 0.0791. The zero-order valence-corrected chi connectivity index (χ0v) is 17.8. The molecule has 1 N–H and O–H groups in total. The van der Waals surface area contributed by atoms with Crippen LogP contribution in [0.15, 0.2) is 11.6 Å². The van der Waals surface area contributed by atoms with Gasteiger partial charge in [0.15, 0.2) is 10.7 Å². The topological polar surface area (TPSA) is 69.5 Å². The quantitative estimate of drug-likeness (QED) is 0.653. The molecule has 0 unspecified atom stereocenters. The molecule has 1 aliphatic heterocycles. The number of nitrogens with zero attached hydrogens (tertiary/aromatic N) is 5. The Balaban J connectivity index is 1.38. The zero-order chi connectivity index (χ0) is 19.8. The van der Waals surface area contributed by atoms with Crippen molar-refractivity contribution in [1.82, 2.24) is 29.4 Å². The molecule has 0 aromatic carbocycles. The van der Waals surface area contributed by atoms with Crippen molar-refractivity contribution in [3.63, 3.8) is 0 Å². The number of H-pyrrole nitrogens is 1. The predicted octanol–water partition coefficient (Wildman–Crippen LogP) is 3.26. The maximum Gasteiger partial charge on any atom is 0.274 e. The highest BCUT2D eigenvalue weighted by Gasteiger charge is 2.27. The first-order valence-electron chi connectivity index (χ1n) is 10.7. The largest absolute Gasteiger partial charge is 0.337 e. The number of rotatable bonds is 5. The van der Waals surface area contributed by atoms with Crippen LogP contribution in [0.2, 0.25) is 0 Å². The molecule has 1 amide bonds. The number of carbonyl (C=O) groups excluding carboxylic acids is 1. The van der Waals surface area contributed by atoms with Crippen molar-refractivity contribution in [2.45, 2.75) is 58.0 Å². The van der Waals surface area contributed by atoms with Crippen LogP contribution in [0.25, 0.3) is 4.96 Å². The van der Waals surface area contributed by atoms with Gasteiger partial charge in [-0.25, -0.2) is 4.98 Å². The summed E-state index contributed by atoms with van der Waals surface area (Å²) < 4.78 is 2.08. The SMILES string of the molecule is CN(Cc1n[nH]c2c1CCCCC2)Cc1c(C(=O)N2CCCC2)nc2sccn12. The standard InChI is InChI=1S/C21H28N6OS/c1-25(13-17-15-7-3-2-4-8-16(15)23-24-17)14-18-19(20(28)26-9-5-6-10-26)22-21-27(18)11-12-29-21/h11-12H,2-10,13-14H2,1H3,(H,23,24). The van der Waals surface area contributed by atoms with Gasteiger partial charge in [0.1, 0.15) is 0 Å². The van der Waals surface area contributed by atoms with E-state index in [1.54, 1.807) is 11.3 Å². The molecule has 2 aliphatic rings. The molecular formula is C21H28N6OS. The Morgan fingerprint density at radius 2 is 2.00 bits per heavy atom. The molecule has 0 saturated carbocycles. The van der Waals surface area contributed by atoms with Crippen LogP contribution < -0.4 is 0 Å². The van der Waals surface area contributed by atoms with Gasteiger partial charge in [-0.3, -0.25) is 19.2 Å². The fraction of sp³-hybridized carbons (Fsp3) is 0.571. The monoisotopic (exact) mass is 412 g/mol. The third kappa shape index (κ3) is 3.59. The second-order valence-electron chi connectivity index (χ2n) is 8.32. The second kappa shape index (κ2) is 7.91. The molecule has 4 heterocycles. The number of carbonyl (C=O) groups is 1. The number of thiazole rings is 1. The molecule has 0 bridgehead atoms. The molecule has 7 nitrogen and oxygen atoms in total. The molecule has 0 radical (unpaired) electrons. The summed E-state index contributed by atoms with van der Waals surface area (Å²) in [5, 5.41) is 9.92. The number of imidazole rings is 1. The van der Waals surface area contributed by atoms with Crippen LogP contribution in [0.3, 0.4) is 0 Å². The molecule has 5 rings (SSSR count). The van der Waals surface area contributed by atoms with Crippen molar-refractivity contribution < 1.29 is 4.79 Å². The van der Waals surface area contributed by atoms with Crippen molar-refractivity contribution in [2.75, 3.05) is 20.1 Å². The fourth-order valence-electron chi connectivity index (χ4n) is 4.65. The predicted molar refractivity (Wildman–Crippen MR) is 113 cm³/mol. The Hall–Kier alpha value is -2.19. The Morgan fingerprint density at radius 3 is 2.86 bits per heavy atom. The first kappa shape index (κ1) is 18.8. The van der Waals surface area contributed by atoms with E-state index in [0.29, 0.717) is 12.2 Å². The van der Waals surface area contributed by atoms with Crippen molar-refractivity contribution in [3.8, 4) is 0 Å². The highest BCUT2D eigenvalue weighted by atomic mass is 32.1. The molecule has 0 atom stereocenters. The molecule has 3 aromatic heterocycles. The van der Waals surface area contributed by atoms with Gasteiger partial charge in [0.2, 0.25) is 0 Å². The Kier molecular flexibility index (Phi) is 5.13. The summed E-state index contributed by atoms with van der Waals surface area (Å²) in [5.41, 5.74) is 5.49. The summed E-state index contributed by atoms with van der Waals surface area (Å²) in [6.07, 6.45) is 10.2. The fourth-order valence-corrected chi connectivity index (χ4v) is 5.38. The third-order valence-corrected chi connectivity index (χ3v) is 6.94. The number of nitrogens with one attached hydrogen (secondary N) is 1. The smallest absolute Gasteiger partial charge is 0.274 e. The first-order valence-corrected chi connectivity index (χ1v) is 11.6. The lowest BCUT2D eigenvalue weighted by molar-refractivity contribution is 0.0785. The molecule has 1 fully saturated rings. The molecule has 154 valence electrons. The second-order valence-corrected chi connectivity index (χ2v) is 9.20. The van der Waals surface area contributed by atoms with Gasteiger partial charge in [0.25, 0.3) is 5.91 Å². The molecule has 1 aliphatic carbocycles. The highest BCUT2D eigenvalue weighted by Crippen LogP contribution is 2.25. The normalized spacial score (nSPS) is 17.2. The van der Waals surface area contributed by atoms with Crippen molar-refractivity contribution in [1.29, 1.82) is 0 Å². The Labute approximate surface area is 174 Å². The molecule has 0 spiro atoms. The van der Waals surface area contributed by atoms with Gasteiger partial charge < -0.3 is 4.90 Å². The van der Waals surface area contributed by atoms with E-state index >= 15 is 0 Å². The number of amides is 1. The Morgan fingerprint density at radius 1 is 1.17 bits per heavy atom. The van der Waals surface area contributed by atoms with Gasteiger partial charge in [-0.05, 0) is 51.1 Å². The van der Waals surface area contributed by atoms with Gasteiger partial charge in [-0.2, -0.15) is 5.10 Å². The minimum absolute atomic E-state index is 0.0791. The van der Waals surface area contributed by atoms with E-state index in [1.165, 1.54) is 30.5 Å². The van der Waals surface area contributed by atoms with E-state index in [9.17, 15) is 4.79 Å². The van der Waals surface area contributed by atoms with Crippen molar-refractivity contribution >= 4 is 22.2 Å². The molecule has 8 heteroatoms. The van der Waals surface area contributed by atoms with Crippen LogP contribution in [-0.4, -0.2) is 55.4 Å². The summed E-state index contributed by atoms with van der Waals surface area (Å²) in [7, 11) is 2.10. The average molecular weight is 413 g/mol. The first-order chi connectivity index (χ1) is 14.2. The van der Waals surface area contributed by atoms with Crippen LogP contribution in [0.5, 0.6) is 0 Å². The lowest BCUT2D eigenvalue weighted by Gasteiger charge is -2.18. The van der Waals surface area contributed by atoms with E-state index in [0.717, 1.165) is 61.7 Å². The lowest BCUT2D eigenvalue weighted by Crippen LogP contribution is -2.30. The van der Waals surface area contributed by atoms with Gasteiger partial charge >= 0.3 is 0 Å². The van der Waals surface area contributed by atoms with Crippen LogP contribution >= 0.6 is 11.3 Å². The minimum Gasteiger partial charge on any atom is -0.337 e. The minimum atomic E-state index is 0.0791. The van der Waals surface area contributed by atoms with Crippen LogP contribution in [0, 0.1) is 0 Å². The summed E-state index contributed by atoms with van der Waals surface area (Å²) in [6, 6.07) is 0. The lowest BCUT2D eigenvalue weighted by atomic mass is 10.1. The van der Waals surface area contributed by atoms with Crippen LogP contribution in [0.4, 0.5) is 0 Å². The van der Waals surface area contributed by atoms with Crippen molar-refractivity contribution in [2.24, 2.45) is 0 Å². The molecular weight excluding hydrogens is 384 g/mol. The number of aromatic amines is 1. The number of aryl methyl sites for hydroxylation is 1. The van der Waals surface area contributed by atoms with E-state index in [1.807, 2.05) is 16.5 Å². The van der Waals surface area contributed by atoms with Gasteiger partial charge in [-0.15, -0.1) is 11.3 Å². The number of hydrogen-bond donors (Lipinski definition) is 1. The van der Waals surface area contributed by atoms with Crippen LogP contribution in [-0.2, 0) is 25.9 Å². The molecule has 1 saturated heterocycles. The zero-order valence-electron chi connectivity index (χ0n) is 17.0. The summed E-state index contributed by atoms with van der Waals surface area (Å²) in [6.45, 7) is 3.15. The number of likely N-dealkylation sites (tertiary alicyclic amines) is 1. The summed E-state index contributed by atoms with van der Waals surface area (Å²) >= 11 is 1.58. The van der Waals surface area contributed by atoms with E-state index < -0.39 is 0 Å². The number of fused-ring (bicyclic) bond motifs is 2. The van der Waals surface area contributed by atoms with E-state index in [2.05, 4.69) is 26.5 Å². The highest BCUT2D eigenvalue weighted by molar-refractivity contribution is 7.15. The van der Waals surface area contributed by atoms with Gasteiger partial charge in [0, 0.05) is 43.4 Å². The van der Waals surface area contributed by atoms with Crippen molar-refractivity contribution in [3.05, 3.63) is 39.9 Å². The summed E-state index contributed by atoms with van der Waals surface area (Å²) in [4.78, 5) is 22.9. The Bertz CT molecular complexity index is 1010.